The van der Waals surface area contributed by atoms with Crippen molar-refractivity contribution >= 4 is 28.9 Å². The minimum atomic E-state index is -0.678. The van der Waals surface area contributed by atoms with Crippen LogP contribution in [0.25, 0.3) is 0 Å². The molecule has 1 atom stereocenters. The van der Waals surface area contributed by atoms with Crippen molar-refractivity contribution in [3.8, 4) is 0 Å². The fraction of sp³-hybridized carbons (Fsp3) is 0.0952. The van der Waals surface area contributed by atoms with Crippen LogP contribution in [0.4, 0.5) is 5.69 Å². The first-order chi connectivity index (χ1) is 12.6. The van der Waals surface area contributed by atoms with Crippen LogP contribution in [0.2, 0.25) is 5.02 Å². The summed E-state index contributed by atoms with van der Waals surface area (Å²) < 4.78 is 1.81. The number of hydrogen-bond donors (Lipinski definition) is 0. The number of aromatic nitrogens is 1. The number of benzodiazepines with no additional fused rings is 1. The molecule has 27 heavy (non-hydrogen) atoms. The molecule has 4 nitrogen and oxygen atoms in total. The van der Waals surface area contributed by atoms with Crippen molar-refractivity contribution in [1.29, 1.82) is 0 Å². The lowest BCUT2D eigenvalue weighted by Gasteiger charge is -2.18. The van der Waals surface area contributed by atoms with Gasteiger partial charge < -0.3 is 17.3 Å². The maximum absolute atomic E-state index is 13.1. The third-order valence-corrected chi connectivity index (χ3v) is 4.68. The molecule has 6 heteroatoms. The Balaban J connectivity index is 0.00000210. The quantitative estimate of drug-likeness (QED) is 0.584. The summed E-state index contributed by atoms with van der Waals surface area (Å²) >= 11 is 6.26. The Kier molecular flexibility index (Phi) is 5.59. The summed E-state index contributed by atoms with van der Waals surface area (Å²) in [7, 11) is 1.77. The molecule has 0 spiro atoms. The average molecular weight is 398 g/mol. The first kappa shape index (κ1) is 19.1. The predicted molar refractivity (Wildman–Crippen MR) is 103 cm³/mol. The van der Waals surface area contributed by atoms with Gasteiger partial charge in [-0.05, 0) is 18.2 Å². The van der Waals surface area contributed by atoms with Gasteiger partial charge >= 0.3 is 12.1 Å². The predicted octanol–water partition coefficient (Wildman–Crippen LogP) is 0.644. The van der Waals surface area contributed by atoms with E-state index in [-0.39, 0.29) is 18.3 Å². The molecule has 4 rings (SSSR count). The van der Waals surface area contributed by atoms with Crippen molar-refractivity contribution in [2.75, 3.05) is 11.9 Å². The Bertz CT molecular complexity index is 991. The second-order valence-electron chi connectivity index (χ2n) is 6.10. The molecule has 1 aromatic heterocycles. The molecule has 0 fully saturated rings. The van der Waals surface area contributed by atoms with Crippen LogP contribution >= 0.6 is 11.6 Å². The highest BCUT2D eigenvalue weighted by molar-refractivity contribution is 6.32. The number of carbonyl (C=O) groups excluding carboxylic acids is 1. The third kappa shape index (κ3) is 3.59. The molecule has 0 saturated heterocycles. The lowest BCUT2D eigenvalue weighted by Crippen LogP contribution is -3.00. The summed E-state index contributed by atoms with van der Waals surface area (Å²) in [6, 6.07) is 21.1. The van der Waals surface area contributed by atoms with Gasteiger partial charge in [0.15, 0.2) is 12.4 Å². The standard InChI is InChI=1S/C21H17ClN3O.ClH/c1-24-18-11-10-16(22)14-17(18)19(15-8-4-2-5-9-15)23-20(21(24)26)25-12-6-3-7-13-25;/h2-14,20H,1H3;1H/q+1;/p-1. The highest BCUT2D eigenvalue weighted by Crippen LogP contribution is 2.31. The van der Waals surface area contributed by atoms with Crippen molar-refractivity contribution in [2.24, 2.45) is 4.99 Å². The molecule has 3 aromatic rings. The second kappa shape index (κ2) is 7.91. The van der Waals surface area contributed by atoms with Crippen LogP contribution in [-0.4, -0.2) is 18.7 Å². The van der Waals surface area contributed by atoms with Crippen LogP contribution in [-0.2, 0) is 4.79 Å². The van der Waals surface area contributed by atoms with E-state index in [4.69, 9.17) is 16.6 Å². The Hall–Kier alpha value is -2.69. The Morgan fingerprint density at radius 1 is 1.00 bits per heavy atom. The average Bonchev–Trinajstić information content (AvgIpc) is 2.79. The molecule has 0 N–H and O–H groups in total. The highest BCUT2D eigenvalue weighted by atomic mass is 35.5. The molecule has 136 valence electrons. The molecule has 1 aliphatic rings. The zero-order valence-electron chi connectivity index (χ0n) is 14.6. The zero-order chi connectivity index (χ0) is 18.1. The monoisotopic (exact) mass is 397 g/mol. The molecule has 1 amide bonds. The van der Waals surface area contributed by atoms with Crippen molar-refractivity contribution in [3.63, 3.8) is 0 Å². The molecular formula is C21H17Cl2N3O. The smallest absolute Gasteiger partial charge is 0.331 e. The van der Waals surface area contributed by atoms with E-state index in [1.165, 1.54) is 0 Å². The number of halogens is 2. The van der Waals surface area contributed by atoms with Gasteiger partial charge in [0.05, 0.1) is 11.4 Å². The number of nitrogens with zero attached hydrogens (tertiary/aromatic N) is 3. The number of aliphatic imine (C=N–C) groups is 1. The first-order valence-corrected chi connectivity index (χ1v) is 8.69. The van der Waals surface area contributed by atoms with Gasteiger partial charge in [-0.25, -0.2) is 4.99 Å². The van der Waals surface area contributed by atoms with E-state index in [1.807, 2.05) is 77.6 Å². The fourth-order valence-corrected chi connectivity index (χ4v) is 3.30. The lowest BCUT2D eigenvalue weighted by molar-refractivity contribution is -0.707. The molecule has 0 radical (unpaired) electrons. The molecule has 2 heterocycles. The zero-order valence-corrected chi connectivity index (χ0v) is 16.1. The van der Waals surface area contributed by atoms with E-state index in [1.54, 1.807) is 18.0 Å². The van der Waals surface area contributed by atoms with Crippen molar-refractivity contribution in [3.05, 3.63) is 95.3 Å². The van der Waals surface area contributed by atoms with Crippen LogP contribution in [0.1, 0.15) is 17.3 Å². The van der Waals surface area contributed by atoms with E-state index in [2.05, 4.69) is 0 Å². The fourth-order valence-electron chi connectivity index (χ4n) is 3.12. The van der Waals surface area contributed by atoms with Gasteiger partial charge in [0, 0.05) is 35.3 Å². The number of anilines is 1. The number of amides is 1. The summed E-state index contributed by atoms with van der Waals surface area (Å²) in [6.07, 6.45) is 3.03. The summed E-state index contributed by atoms with van der Waals surface area (Å²) in [5.41, 5.74) is 3.34. The van der Waals surface area contributed by atoms with E-state index >= 15 is 0 Å². The number of benzene rings is 2. The van der Waals surface area contributed by atoms with Crippen LogP contribution in [0.3, 0.4) is 0 Å². The number of rotatable bonds is 2. The normalized spacial score (nSPS) is 16.1. The highest BCUT2D eigenvalue weighted by Gasteiger charge is 2.35. The van der Waals surface area contributed by atoms with Crippen LogP contribution in [0.15, 0.2) is 84.1 Å². The van der Waals surface area contributed by atoms with Gasteiger partial charge in [-0.3, -0.25) is 4.79 Å². The van der Waals surface area contributed by atoms with Crippen LogP contribution < -0.4 is 21.9 Å². The van der Waals surface area contributed by atoms with Crippen molar-refractivity contribution in [2.45, 2.75) is 6.17 Å². The largest absolute Gasteiger partial charge is 1.00 e. The minimum Gasteiger partial charge on any atom is -1.00 e. The molecule has 1 unspecified atom stereocenters. The molecular weight excluding hydrogens is 381 g/mol. The van der Waals surface area contributed by atoms with E-state index in [0.717, 1.165) is 22.5 Å². The summed E-state index contributed by atoms with van der Waals surface area (Å²) in [5, 5.41) is 0.610. The number of hydrogen-bond acceptors (Lipinski definition) is 2. The SMILES string of the molecule is CN1C(=O)C([n+]2ccccc2)N=C(c2ccccc2)c2cc(Cl)ccc21.[Cl-]. The Morgan fingerprint density at radius 3 is 2.37 bits per heavy atom. The number of fused-ring (bicyclic) bond motifs is 1. The van der Waals surface area contributed by atoms with Crippen LogP contribution in [0.5, 0.6) is 0 Å². The minimum absolute atomic E-state index is 0. The van der Waals surface area contributed by atoms with Gasteiger partial charge in [-0.2, -0.15) is 4.57 Å². The first-order valence-electron chi connectivity index (χ1n) is 8.31. The van der Waals surface area contributed by atoms with E-state index < -0.39 is 6.17 Å². The van der Waals surface area contributed by atoms with Gasteiger partial charge in [0.2, 0.25) is 0 Å². The second-order valence-corrected chi connectivity index (χ2v) is 6.54. The molecule has 1 aliphatic heterocycles. The number of pyridine rings is 1. The van der Waals surface area contributed by atoms with Crippen LogP contribution in [0, 0.1) is 0 Å². The molecule has 0 bridgehead atoms. The van der Waals surface area contributed by atoms with Crippen molar-refractivity contribution < 1.29 is 21.8 Å². The number of carbonyl (C=O) groups is 1. The maximum atomic E-state index is 13.1. The van der Waals surface area contributed by atoms with E-state index in [9.17, 15) is 4.79 Å². The van der Waals surface area contributed by atoms with Crippen molar-refractivity contribution in [1.82, 2.24) is 0 Å². The van der Waals surface area contributed by atoms with E-state index in [0.29, 0.717) is 5.02 Å². The van der Waals surface area contributed by atoms with Gasteiger partial charge in [0.1, 0.15) is 0 Å². The number of likely N-dealkylation sites (N-methyl/N-ethyl adjacent to an activating group) is 1. The lowest BCUT2D eigenvalue weighted by atomic mass is 10.0. The summed E-state index contributed by atoms with van der Waals surface area (Å²) in [6.45, 7) is 0. The van der Waals surface area contributed by atoms with Gasteiger partial charge in [-0.1, -0.05) is 48.0 Å². The molecule has 2 aromatic carbocycles. The van der Waals surface area contributed by atoms with Gasteiger partial charge in [0.25, 0.3) is 0 Å². The Morgan fingerprint density at radius 2 is 1.67 bits per heavy atom. The summed E-state index contributed by atoms with van der Waals surface area (Å²) in [4.78, 5) is 19.6. The Labute approximate surface area is 169 Å². The maximum Gasteiger partial charge on any atom is 0.331 e. The van der Waals surface area contributed by atoms with Gasteiger partial charge in [-0.15, -0.1) is 0 Å². The summed E-state index contributed by atoms with van der Waals surface area (Å²) in [5.74, 6) is -0.101. The molecule has 0 aliphatic carbocycles. The molecule has 0 saturated carbocycles. The topological polar surface area (TPSA) is 36.5 Å². The third-order valence-electron chi connectivity index (χ3n) is 4.45.